The zero-order chi connectivity index (χ0) is 13.8. The average molecular weight is 291 g/mol. The van der Waals surface area contributed by atoms with Gasteiger partial charge in [-0.15, -0.1) is 0 Å². The third kappa shape index (κ3) is 4.30. The normalized spacial score (nSPS) is 12.5. The lowest BCUT2D eigenvalue weighted by Crippen LogP contribution is -2.19. The first-order valence-electron chi connectivity index (χ1n) is 5.55. The number of hydrogen-bond donors (Lipinski definition) is 1. The van der Waals surface area contributed by atoms with Gasteiger partial charge in [0.2, 0.25) is 0 Å². The van der Waals surface area contributed by atoms with Gasteiger partial charge in [-0.3, -0.25) is 0 Å². The van der Waals surface area contributed by atoms with Crippen molar-refractivity contribution in [3.8, 4) is 0 Å². The molecule has 0 atom stereocenters. The fourth-order valence-electron chi connectivity index (χ4n) is 1.48. The number of rotatable bonds is 6. The lowest BCUT2D eigenvalue weighted by molar-refractivity contribution is 0.587. The highest BCUT2D eigenvalue weighted by molar-refractivity contribution is 7.95. The molecule has 0 amide bonds. The summed E-state index contributed by atoms with van der Waals surface area (Å²) >= 11 is 0. The van der Waals surface area contributed by atoms with Gasteiger partial charge in [0.25, 0.3) is 0 Å². The summed E-state index contributed by atoms with van der Waals surface area (Å²) in [5.74, 6) is -0.740. The van der Waals surface area contributed by atoms with Gasteiger partial charge in [0.1, 0.15) is 0 Å². The molecular formula is C11H17NO4S2. The Morgan fingerprint density at radius 2 is 1.72 bits per heavy atom. The molecule has 0 saturated carbocycles. The maximum atomic E-state index is 11.9. The van der Waals surface area contributed by atoms with Gasteiger partial charge in [0.15, 0.2) is 19.7 Å². The maximum Gasteiger partial charge on any atom is 0.179 e. The van der Waals surface area contributed by atoms with Gasteiger partial charge in [0.05, 0.1) is 16.4 Å². The Bertz CT molecular complexity index is 606. The van der Waals surface area contributed by atoms with Crippen molar-refractivity contribution in [1.29, 1.82) is 0 Å². The van der Waals surface area contributed by atoms with E-state index in [2.05, 4.69) is 0 Å². The molecule has 102 valence electrons. The molecule has 0 aliphatic rings. The quantitative estimate of drug-likeness (QED) is 0.785. The van der Waals surface area contributed by atoms with Crippen molar-refractivity contribution in [2.45, 2.75) is 18.2 Å². The topological polar surface area (TPSA) is 94.3 Å². The van der Waals surface area contributed by atoms with Gasteiger partial charge in [0, 0.05) is 11.4 Å². The van der Waals surface area contributed by atoms with E-state index in [1.807, 2.05) is 0 Å². The van der Waals surface area contributed by atoms with E-state index in [1.165, 1.54) is 18.2 Å². The maximum absolute atomic E-state index is 11.9. The molecule has 0 fully saturated rings. The van der Waals surface area contributed by atoms with Crippen LogP contribution in [0.2, 0.25) is 0 Å². The van der Waals surface area contributed by atoms with Crippen LogP contribution in [0.1, 0.15) is 13.3 Å². The lowest BCUT2D eigenvalue weighted by atomic mass is 10.3. The summed E-state index contributed by atoms with van der Waals surface area (Å²) in [4.78, 5) is 0.0641. The summed E-state index contributed by atoms with van der Waals surface area (Å²) in [5.41, 5.74) is 5.84. The van der Waals surface area contributed by atoms with Gasteiger partial charge in [-0.2, -0.15) is 0 Å². The SMILES string of the molecule is CCCS(=O)(=O)CCS(=O)(=O)c1cccc(N)c1. The van der Waals surface area contributed by atoms with Crippen molar-refractivity contribution in [2.24, 2.45) is 0 Å². The van der Waals surface area contributed by atoms with Crippen molar-refractivity contribution in [3.63, 3.8) is 0 Å². The molecule has 1 aromatic rings. The Balaban J connectivity index is 2.84. The summed E-state index contributed by atoms with van der Waals surface area (Å²) in [6, 6.07) is 5.86. The molecule has 0 heterocycles. The summed E-state index contributed by atoms with van der Waals surface area (Å²) in [7, 11) is -6.89. The van der Waals surface area contributed by atoms with Crippen LogP contribution in [0.25, 0.3) is 0 Å². The number of sulfone groups is 2. The van der Waals surface area contributed by atoms with Crippen LogP contribution in [0, 0.1) is 0 Å². The second kappa shape index (κ2) is 5.71. The van der Waals surface area contributed by atoms with Gasteiger partial charge < -0.3 is 5.73 Å². The van der Waals surface area contributed by atoms with Crippen LogP contribution >= 0.6 is 0 Å². The number of nitrogen functional groups attached to an aromatic ring is 1. The van der Waals surface area contributed by atoms with Gasteiger partial charge in [-0.25, -0.2) is 16.8 Å². The van der Waals surface area contributed by atoms with Crippen molar-refractivity contribution in [1.82, 2.24) is 0 Å². The molecule has 0 radical (unpaired) electrons. The molecule has 0 saturated heterocycles. The zero-order valence-electron chi connectivity index (χ0n) is 10.2. The van der Waals surface area contributed by atoms with Crippen LogP contribution in [-0.2, 0) is 19.7 Å². The van der Waals surface area contributed by atoms with Crippen molar-refractivity contribution in [2.75, 3.05) is 23.0 Å². The first-order valence-corrected chi connectivity index (χ1v) is 9.03. The van der Waals surface area contributed by atoms with E-state index in [0.29, 0.717) is 12.1 Å². The predicted molar refractivity (Wildman–Crippen MR) is 71.9 cm³/mol. The summed E-state index contributed by atoms with van der Waals surface area (Å²) in [5, 5.41) is 0. The molecule has 0 unspecified atom stereocenters. The highest BCUT2D eigenvalue weighted by Crippen LogP contribution is 2.15. The van der Waals surface area contributed by atoms with Crippen LogP contribution in [0.15, 0.2) is 29.2 Å². The van der Waals surface area contributed by atoms with Gasteiger partial charge >= 0.3 is 0 Å². The summed E-state index contributed by atoms with van der Waals surface area (Å²) in [6.45, 7) is 1.74. The minimum absolute atomic E-state index is 0.0133. The molecule has 2 N–H and O–H groups in total. The highest BCUT2D eigenvalue weighted by atomic mass is 32.2. The molecule has 1 aromatic carbocycles. The molecule has 0 bridgehead atoms. The third-order valence-corrected chi connectivity index (χ3v) is 6.22. The first-order chi connectivity index (χ1) is 8.27. The van der Waals surface area contributed by atoms with E-state index >= 15 is 0 Å². The van der Waals surface area contributed by atoms with Crippen LogP contribution in [0.3, 0.4) is 0 Å². The minimum atomic E-state index is -3.59. The third-order valence-electron chi connectivity index (χ3n) is 2.40. The Labute approximate surface area is 108 Å². The monoisotopic (exact) mass is 291 g/mol. The molecule has 18 heavy (non-hydrogen) atoms. The van der Waals surface area contributed by atoms with Crippen LogP contribution < -0.4 is 5.73 Å². The van der Waals surface area contributed by atoms with Crippen LogP contribution in [0.4, 0.5) is 5.69 Å². The smallest absolute Gasteiger partial charge is 0.179 e. The minimum Gasteiger partial charge on any atom is -0.399 e. The van der Waals surface area contributed by atoms with E-state index in [0.717, 1.165) is 0 Å². The first kappa shape index (κ1) is 15.0. The fraction of sp³-hybridized carbons (Fsp3) is 0.455. The zero-order valence-corrected chi connectivity index (χ0v) is 11.8. The fourth-order valence-corrected chi connectivity index (χ4v) is 5.03. The second-order valence-corrected chi connectivity index (χ2v) is 8.46. The highest BCUT2D eigenvalue weighted by Gasteiger charge is 2.19. The Kier molecular flexibility index (Phi) is 4.75. The van der Waals surface area contributed by atoms with E-state index < -0.39 is 25.4 Å². The molecule has 0 spiro atoms. The lowest BCUT2D eigenvalue weighted by Gasteiger charge is -2.06. The number of nitrogens with two attached hydrogens (primary N) is 1. The molecule has 5 nitrogen and oxygen atoms in total. The summed E-state index contributed by atoms with van der Waals surface area (Å²) < 4.78 is 46.8. The standard InChI is InChI=1S/C11H17NO4S2/c1-2-6-17(13,14)7-8-18(15,16)11-5-3-4-10(12)9-11/h3-5,9H,2,6-8,12H2,1H3. The molecule has 0 aliphatic carbocycles. The molecular weight excluding hydrogens is 274 g/mol. The molecule has 0 aliphatic heterocycles. The van der Waals surface area contributed by atoms with Crippen molar-refractivity contribution in [3.05, 3.63) is 24.3 Å². The van der Waals surface area contributed by atoms with Crippen LogP contribution in [-0.4, -0.2) is 34.1 Å². The second-order valence-electron chi connectivity index (χ2n) is 4.04. The van der Waals surface area contributed by atoms with Crippen molar-refractivity contribution >= 4 is 25.4 Å². The molecule has 0 aromatic heterocycles. The predicted octanol–water partition coefficient (Wildman–Crippen LogP) is 0.867. The Morgan fingerprint density at radius 3 is 2.28 bits per heavy atom. The molecule has 7 heteroatoms. The van der Waals surface area contributed by atoms with E-state index in [9.17, 15) is 16.8 Å². The Morgan fingerprint density at radius 1 is 1.06 bits per heavy atom. The Hall–Kier alpha value is -1.08. The van der Waals surface area contributed by atoms with Crippen LogP contribution in [0.5, 0.6) is 0 Å². The van der Waals surface area contributed by atoms with Gasteiger partial charge in [-0.05, 0) is 24.6 Å². The average Bonchev–Trinajstić information content (AvgIpc) is 2.27. The van der Waals surface area contributed by atoms with E-state index in [4.69, 9.17) is 5.73 Å². The largest absolute Gasteiger partial charge is 0.399 e. The van der Waals surface area contributed by atoms with E-state index in [1.54, 1.807) is 13.0 Å². The number of anilines is 1. The molecule has 1 rings (SSSR count). The van der Waals surface area contributed by atoms with E-state index in [-0.39, 0.29) is 16.4 Å². The van der Waals surface area contributed by atoms with Gasteiger partial charge in [-0.1, -0.05) is 13.0 Å². The number of benzene rings is 1. The number of hydrogen-bond acceptors (Lipinski definition) is 5. The van der Waals surface area contributed by atoms with Crippen molar-refractivity contribution < 1.29 is 16.8 Å². The summed E-state index contributed by atoms with van der Waals surface area (Å²) in [6.07, 6.45) is 0.487.